The van der Waals surface area contributed by atoms with Crippen molar-refractivity contribution < 1.29 is 21.6 Å². The summed E-state index contributed by atoms with van der Waals surface area (Å²) >= 11 is 0. The van der Waals surface area contributed by atoms with Gasteiger partial charge in [0, 0.05) is 12.6 Å². The molecule has 0 radical (unpaired) electrons. The van der Waals surface area contributed by atoms with E-state index in [1.165, 1.54) is 13.0 Å². The van der Waals surface area contributed by atoms with Gasteiger partial charge >= 0.3 is 0 Å². The van der Waals surface area contributed by atoms with Crippen molar-refractivity contribution in [3.63, 3.8) is 0 Å². The highest BCUT2D eigenvalue weighted by Gasteiger charge is 2.28. The van der Waals surface area contributed by atoms with E-state index in [0.29, 0.717) is 11.3 Å². The third kappa shape index (κ3) is 4.70. The lowest BCUT2D eigenvalue weighted by atomic mass is 10.2. The van der Waals surface area contributed by atoms with Crippen LogP contribution in [0.2, 0.25) is 0 Å². The maximum Gasteiger partial charge on any atom is 0.241 e. The Bertz CT molecular complexity index is 914. The first-order valence-electron chi connectivity index (χ1n) is 6.89. The van der Waals surface area contributed by atoms with Crippen LogP contribution in [0, 0.1) is 0 Å². The van der Waals surface area contributed by atoms with E-state index in [0.717, 1.165) is 6.26 Å². The smallest absolute Gasteiger partial charge is 0.241 e. The van der Waals surface area contributed by atoms with Gasteiger partial charge in [-0.05, 0) is 24.6 Å². The molecule has 1 fully saturated rings. The molecule has 1 aromatic rings. The summed E-state index contributed by atoms with van der Waals surface area (Å²) in [7, 11) is -7.22. The summed E-state index contributed by atoms with van der Waals surface area (Å²) in [6.45, 7) is 5.28. The third-order valence-electron chi connectivity index (χ3n) is 3.05. The topological polar surface area (TPSA) is 102 Å². The Morgan fingerprint density at radius 2 is 1.96 bits per heavy atom. The predicted molar refractivity (Wildman–Crippen MR) is 91.9 cm³/mol. The van der Waals surface area contributed by atoms with Crippen LogP contribution in [0.1, 0.15) is 6.92 Å². The Morgan fingerprint density at radius 3 is 2.46 bits per heavy atom. The van der Waals surface area contributed by atoms with Gasteiger partial charge in [0.05, 0.1) is 16.9 Å². The third-order valence-corrected chi connectivity index (χ3v) is 5.24. The maximum atomic E-state index is 12.0. The van der Waals surface area contributed by atoms with E-state index in [1.54, 1.807) is 30.3 Å². The molecule has 1 aliphatic rings. The number of sulfonamides is 2. The molecule has 0 saturated carbocycles. The van der Waals surface area contributed by atoms with Crippen molar-refractivity contribution in [2.24, 2.45) is 0 Å². The van der Waals surface area contributed by atoms with Gasteiger partial charge in [-0.1, -0.05) is 24.8 Å². The number of hydrogen-bond acceptors (Lipinski definition) is 5. The van der Waals surface area contributed by atoms with Crippen LogP contribution in [0.15, 0.2) is 64.9 Å². The first kappa shape index (κ1) is 18.2. The predicted octanol–water partition coefficient (Wildman–Crippen LogP) is 1.22. The van der Waals surface area contributed by atoms with Crippen molar-refractivity contribution in [1.29, 1.82) is 0 Å². The average Bonchev–Trinajstić information content (AvgIpc) is 2.72. The summed E-state index contributed by atoms with van der Waals surface area (Å²) in [4.78, 5) is -0.0388. The lowest BCUT2D eigenvalue weighted by molar-refractivity contribution is 0.434. The molecule has 24 heavy (non-hydrogen) atoms. The fourth-order valence-electron chi connectivity index (χ4n) is 1.99. The van der Waals surface area contributed by atoms with E-state index < -0.39 is 20.0 Å². The second-order valence-electron chi connectivity index (χ2n) is 5.22. The number of para-hydroxylation sites is 1. The summed E-state index contributed by atoms with van der Waals surface area (Å²) in [6.07, 6.45) is 2.26. The molecular formula is C15H18N2O5S2. The fraction of sp³-hybridized carbons (Fsp3) is 0.200. The Labute approximate surface area is 141 Å². The number of ether oxygens (including phenoxy) is 1. The van der Waals surface area contributed by atoms with Crippen molar-refractivity contribution in [3.8, 4) is 5.75 Å². The van der Waals surface area contributed by atoms with E-state index >= 15 is 0 Å². The standard InChI is InChI=1S/C15H18N2O5S2/c1-11-10-16-24(20,21)15(11)9-14(12(2)17-23(3,18)19)22-13-7-5-4-6-8-13/h4-9,16-17H,1,10H2,2-3H3/b14-12-,15-9+. The summed E-state index contributed by atoms with van der Waals surface area (Å²) in [5, 5.41) is 0. The minimum Gasteiger partial charge on any atom is -0.455 e. The number of benzene rings is 1. The van der Waals surface area contributed by atoms with Crippen LogP contribution in [-0.4, -0.2) is 29.6 Å². The second kappa shape index (κ2) is 6.80. The summed E-state index contributed by atoms with van der Waals surface area (Å²) in [5.41, 5.74) is 0.528. The van der Waals surface area contributed by atoms with Gasteiger partial charge in [0.15, 0.2) is 0 Å². The first-order chi connectivity index (χ1) is 11.1. The van der Waals surface area contributed by atoms with Crippen LogP contribution >= 0.6 is 0 Å². The molecule has 0 aliphatic carbocycles. The number of allylic oxidation sites excluding steroid dienone is 2. The quantitative estimate of drug-likeness (QED) is 0.759. The zero-order valence-electron chi connectivity index (χ0n) is 13.2. The molecule has 0 spiro atoms. The molecule has 1 heterocycles. The molecule has 1 aliphatic heterocycles. The SMILES string of the molecule is C=C1CNS(=O)(=O)/C1=C/C(Oc1ccccc1)=C(\C)NS(C)(=O)=O. The Balaban J connectivity index is 2.51. The molecule has 2 rings (SSSR count). The molecule has 7 nitrogen and oxygen atoms in total. The second-order valence-corrected chi connectivity index (χ2v) is 8.70. The van der Waals surface area contributed by atoms with Crippen molar-refractivity contribution in [2.75, 3.05) is 12.8 Å². The molecule has 1 saturated heterocycles. The van der Waals surface area contributed by atoms with Gasteiger partial charge in [0.2, 0.25) is 20.0 Å². The molecule has 0 unspecified atom stereocenters. The van der Waals surface area contributed by atoms with E-state index in [1.807, 2.05) is 0 Å². The normalized spacial score (nSPS) is 19.9. The average molecular weight is 370 g/mol. The molecule has 9 heteroatoms. The van der Waals surface area contributed by atoms with Crippen molar-refractivity contribution in [1.82, 2.24) is 9.44 Å². The van der Waals surface area contributed by atoms with Gasteiger partial charge in [0.1, 0.15) is 11.5 Å². The van der Waals surface area contributed by atoms with Crippen LogP contribution in [0.3, 0.4) is 0 Å². The molecular weight excluding hydrogens is 352 g/mol. The Morgan fingerprint density at radius 1 is 1.33 bits per heavy atom. The molecule has 0 atom stereocenters. The van der Waals surface area contributed by atoms with Crippen LogP contribution in [0.25, 0.3) is 0 Å². The molecule has 2 N–H and O–H groups in total. The molecule has 1 aromatic carbocycles. The zero-order chi connectivity index (χ0) is 18.0. The maximum absolute atomic E-state index is 12.0. The van der Waals surface area contributed by atoms with E-state index in [4.69, 9.17) is 4.74 Å². The van der Waals surface area contributed by atoms with E-state index in [-0.39, 0.29) is 22.9 Å². The number of rotatable bonds is 5. The fourth-order valence-corrected chi connectivity index (χ4v) is 3.88. The Kier molecular flexibility index (Phi) is 5.16. The van der Waals surface area contributed by atoms with Gasteiger partial charge in [0.25, 0.3) is 0 Å². The highest BCUT2D eigenvalue weighted by Crippen LogP contribution is 2.25. The summed E-state index contributed by atoms with van der Waals surface area (Å²) in [5.74, 6) is 0.503. The van der Waals surface area contributed by atoms with Crippen LogP contribution < -0.4 is 14.2 Å². The van der Waals surface area contributed by atoms with E-state index in [9.17, 15) is 16.8 Å². The number of nitrogens with one attached hydrogen (secondary N) is 2. The Hall–Kier alpha value is -2.10. The molecule has 0 bridgehead atoms. The lowest BCUT2D eigenvalue weighted by Gasteiger charge is -2.12. The van der Waals surface area contributed by atoms with Gasteiger partial charge in [-0.15, -0.1) is 0 Å². The number of hydrogen-bond donors (Lipinski definition) is 2. The van der Waals surface area contributed by atoms with Crippen molar-refractivity contribution in [2.45, 2.75) is 6.92 Å². The zero-order valence-corrected chi connectivity index (χ0v) is 14.9. The molecule has 0 aromatic heterocycles. The highest BCUT2D eigenvalue weighted by molar-refractivity contribution is 7.94. The van der Waals surface area contributed by atoms with Crippen molar-refractivity contribution in [3.05, 3.63) is 64.9 Å². The summed E-state index contributed by atoms with van der Waals surface area (Å²) in [6, 6.07) is 8.62. The lowest BCUT2D eigenvalue weighted by Crippen LogP contribution is -2.22. The minimum absolute atomic E-state index is 0.0388. The van der Waals surface area contributed by atoms with E-state index in [2.05, 4.69) is 16.0 Å². The van der Waals surface area contributed by atoms with Gasteiger partial charge < -0.3 is 4.74 Å². The molecule has 130 valence electrons. The van der Waals surface area contributed by atoms with Gasteiger partial charge in [-0.25, -0.2) is 21.6 Å². The first-order valence-corrected chi connectivity index (χ1v) is 10.3. The monoisotopic (exact) mass is 370 g/mol. The minimum atomic E-state index is -3.68. The van der Waals surface area contributed by atoms with Crippen LogP contribution in [0.4, 0.5) is 0 Å². The van der Waals surface area contributed by atoms with Crippen LogP contribution in [0.5, 0.6) is 5.75 Å². The molecule has 0 amide bonds. The van der Waals surface area contributed by atoms with Gasteiger partial charge in [-0.3, -0.25) is 4.72 Å². The van der Waals surface area contributed by atoms with Crippen molar-refractivity contribution >= 4 is 20.0 Å². The summed E-state index contributed by atoms with van der Waals surface area (Å²) < 4.78 is 57.2. The highest BCUT2D eigenvalue weighted by atomic mass is 32.2. The van der Waals surface area contributed by atoms with Gasteiger partial charge in [-0.2, -0.15) is 0 Å². The van der Waals surface area contributed by atoms with Crippen LogP contribution in [-0.2, 0) is 20.0 Å². The largest absolute Gasteiger partial charge is 0.455 e.